The lowest BCUT2D eigenvalue weighted by Crippen LogP contribution is -2.02. The molecular formula is C14H9BrClFN2. The van der Waals surface area contributed by atoms with Gasteiger partial charge in [-0.3, -0.25) is 0 Å². The van der Waals surface area contributed by atoms with Crippen molar-refractivity contribution < 1.29 is 4.39 Å². The summed E-state index contributed by atoms with van der Waals surface area (Å²) in [5, 5.41) is 12.6. The second-order valence-electron chi connectivity index (χ2n) is 3.89. The first-order chi connectivity index (χ1) is 9.10. The molecule has 0 amide bonds. The molecule has 0 aliphatic carbocycles. The van der Waals surface area contributed by atoms with E-state index in [1.54, 1.807) is 12.1 Å². The standard InChI is InChI=1S/C14H9BrClFN2/c15-11-2-1-9(13(16)6-11)8-19-14-4-3-12(17)5-10(14)7-18/h1-6,19H,8H2. The van der Waals surface area contributed by atoms with Gasteiger partial charge in [0.25, 0.3) is 0 Å². The van der Waals surface area contributed by atoms with Gasteiger partial charge in [-0.05, 0) is 35.9 Å². The van der Waals surface area contributed by atoms with E-state index in [4.69, 9.17) is 16.9 Å². The number of nitrogens with zero attached hydrogens (tertiary/aromatic N) is 1. The number of anilines is 1. The van der Waals surface area contributed by atoms with Crippen LogP contribution in [-0.2, 0) is 6.54 Å². The predicted molar refractivity (Wildman–Crippen MR) is 77.6 cm³/mol. The van der Waals surface area contributed by atoms with Gasteiger partial charge in [0.2, 0.25) is 0 Å². The Labute approximate surface area is 123 Å². The molecule has 0 heterocycles. The molecule has 0 bridgehead atoms. The van der Waals surface area contributed by atoms with E-state index < -0.39 is 5.82 Å². The molecule has 2 rings (SSSR count). The Kier molecular flexibility index (Phi) is 4.41. The van der Waals surface area contributed by atoms with Crippen LogP contribution in [0.5, 0.6) is 0 Å². The lowest BCUT2D eigenvalue weighted by molar-refractivity contribution is 0.627. The van der Waals surface area contributed by atoms with Gasteiger partial charge in [-0.1, -0.05) is 33.6 Å². The minimum Gasteiger partial charge on any atom is -0.380 e. The van der Waals surface area contributed by atoms with Crippen molar-refractivity contribution in [3.8, 4) is 6.07 Å². The van der Waals surface area contributed by atoms with Crippen molar-refractivity contribution in [1.82, 2.24) is 0 Å². The molecular weight excluding hydrogens is 331 g/mol. The summed E-state index contributed by atoms with van der Waals surface area (Å²) >= 11 is 9.43. The minimum atomic E-state index is -0.427. The van der Waals surface area contributed by atoms with Crippen LogP contribution < -0.4 is 5.32 Å². The highest BCUT2D eigenvalue weighted by Gasteiger charge is 2.05. The Morgan fingerprint density at radius 1 is 1.26 bits per heavy atom. The van der Waals surface area contributed by atoms with Gasteiger partial charge in [-0.25, -0.2) is 4.39 Å². The maximum Gasteiger partial charge on any atom is 0.124 e. The highest BCUT2D eigenvalue weighted by molar-refractivity contribution is 9.10. The lowest BCUT2D eigenvalue weighted by Gasteiger charge is -2.10. The minimum absolute atomic E-state index is 0.272. The van der Waals surface area contributed by atoms with Crippen LogP contribution in [0.2, 0.25) is 5.02 Å². The molecule has 0 saturated carbocycles. The highest BCUT2D eigenvalue weighted by Crippen LogP contribution is 2.23. The van der Waals surface area contributed by atoms with Gasteiger partial charge in [0.15, 0.2) is 0 Å². The molecule has 0 spiro atoms. The Balaban J connectivity index is 2.17. The molecule has 0 fully saturated rings. The normalized spacial score (nSPS) is 10.0. The third kappa shape index (κ3) is 3.46. The van der Waals surface area contributed by atoms with Crippen molar-refractivity contribution in [1.29, 1.82) is 5.26 Å². The molecule has 2 aromatic carbocycles. The van der Waals surface area contributed by atoms with Gasteiger partial charge in [0.1, 0.15) is 11.9 Å². The summed E-state index contributed by atoms with van der Waals surface area (Å²) in [5.74, 6) is -0.427. The quantitative estimate of drug-likeness (QED) is 0.878. The largest absolute Gasteiger partial charge is 0.380 e. The molecule has 0 aliphatic rings. The van der Waals surface area contributed by atoms with Crippen molar-refractivity contribution in [2.45, 2.75) is 6.54 Å². The van der Waals surface area contributed by atoms with E-state index >= 15 is 0 Å². The summed E-state index contributed by atoms with van der Waals surface area (Å²) in [6, 6.07) is 11.6. The average molecular weight is 340 g/mol. The zero-order chi connectivity index (χ0) is 13.8. The summed E-state index contributed by atoms with van der Waals surface area (Å²) in [5.41, 5.74) is 1.76. The van der Waals surface area contributed by atoms with Gasteiger partial charge in [-0.15, -0.1) is 0 Å². The number of halogens is 3. The fourth-order valence-corrected chi connectivity index (χ4v) is 2.36. The third-order valence-corrected chi connectivity index (χ3v) is 3.43. The maximum atomic E-state index is 13.0. The van der Waals surface area contributed by atoms with Crippen molar-refractivity contribution >= 4 is 33.2 Å². The molecule has 0 unspecified atom stereocenters. The van der Waals surface area contributed by atoms with Crippen LogP contribution in [0.4, 0.5) is 10.1 Å². The summed E-state index contributed by atoms with van der Waals surface area (Å²) in [6.45, 7) is 0.465. The van der Waals surface area contributed by atoms with Crippen molar-refractivity contribution in [3.05, 3.63) is 62.8 Å². The zero-order valence-corrected chi connectivity index (χ0v) is 12.1. The molecule has 96 valence electrons. The first kappa shape index (κ1) is 13.9. The van der Waals surface area contributed by atoms with Gasteiger partial charge < -0.3 is 5.32 Å². The van der Waals surface area contributed by atoms with Crippen LogP contribution in [0.15, 0.2) is 40.9 Å². The number of hydrogen-bond donors (Lipinski definition) is 1. The summed E-state index contributed by atoms with van der Waals surface area (Å²) in [7, 11) is 0. The number of rotatable bonds is 3. The van der Waals surface area contributed by atoms with Crippen molar-refractivity contribution in [2.75, 3.05) is 5.32 Å². The first-order valence-corrected chi connectivity index (χ1v) is 6.64. The lowest BCUT2D eigenvalue weighted by atomic mass is 10.1. The van der Waals surface area contributed by atoms with Crippen LogP contribution in [0.1, 0.15) is 11.1 Å². The van der Waals surface area contributed by atoms with E-state index in [2.05, 4.69) is 21.2 Å². The average Bonchev–Trinajstić information content (AvgIpc) is 2.39. The van der Waals surface area contributed by atoms with E-state index in [-0.39, 0.29) is 5.56 Å². The maximum absolute atomic E-state index is 13.0. The SMILES string of the molecule is N#Cc1cc(F)ccc1NCc1ccc(Br)cc1Cl. The Hall–Kier alpha value is -1.57. The van der Waals surface area contributed by atoms with Crippen molar-refractivity contribution in [3.63, 3.8) is 0 Å². The second-order valence-corrected chi connectivity index (χ2v) is 5.21. The van der Waals surface area contributed by atoms with Gasteiger partial charge in [0.05, 0.1) is 11.3 Å². The van der Waals surface area contributed by atoms with Crippen LogP contribution in [0.25, 0.3) is 0 Å². The van der Waals surface area contributed by atoms with E-state index in [9.17, 15) is 4.39 Å². The van der Waals surface area contributed by atoms with Gasteiger partial charge >= 0.3 is 0 Å². The predicted octanol–water partition coefficient (Wildman–Crippen LogP) is 4.73. The number of nitrogens with one attached hydrogen (secondary N) is 1. The molecule has 0 aliphatic heterocycles. The third-order valence-electron chi connectivity index (χ3n) is 2.59. The molecule has 0 atom stereocenters. The monoisotopic (exact) mass is 338 g/mol. The van der Waals surface area contributed by atoms with E-state index in [1.165, 1.54) is 12.1 Å². The highest BCUT2D eigenvalue weighted by atomic mass is 79.9. The van der Waals surface area contributed by atoms with Gasteiger partial charge in [-0.2, -0.15) is 5.26 Å². The van der Waals surface area contributed by atoms with Crippen molar-refractivity contribution in [2.24, 2.45) is 0 Å². The van der Waals surface area contributed by atoms with Crippen LogP contribution in [0.3, 0.4) is 0 Å². The summed E-state index contributed by atoms with van der Waals surface area (Å²) < 4.78 is 13.9. The van der Waals surface area contributed by atoms with E-state index in [1.807, 2.05) is 18.2 Å². The number of benzene rings is 2. The van der Waals surface area contributed by atoms with Crippen LogP contribution in [0, 0.1) is 17.1 Å². The molecule has 0 aromatic heterocycles. The zero-order valence-electron chi connectivity index (χ0n) is 9.75. The number of hydrogen-bond acceptors (Lipinski definition) is 2. The molecule has 0 radical (unpaired) electrons. The van der Waals surface area contributed by atoms with E-state index in [0.717, 1.165) is 10.0 Å². The Morgan fingerprint density at radius 2 is 2.05 bits per heavy atom. The topological polar surface area (TPSA) is 35.8 Å². The number of nitriles is 1. The molecule has 1 N–H and O–H groups in total. The fourth-order valence-electron chi connectivity index (χ4n) is 1.62. The second kappa shape index (κ2) is 6.05. The molecule has 2 nitrogen and oxygen atoms in total. The van der Waals surface area contributed by atoms with Crippen LogP contribution >= 0.6 is 27.5 Å². The van der Waals surface area contributed by atoms with Gasteiger partial charge in [0, 0.05) is 16.0 Å². The fraction of sp³-hybridized carbons (Fsp3) is 0.0714. The smallest absolute Gasteiger partial charge is 0.124 e. The van der Waals surface area contributed by atoms with E-state index in [0.29, 0.717) is 17.3 Å². The Bertz CT molecular complexity index is 652. The molecule has 2 aromatic rings. The summed E-state index contributed by atoms with van der Waals surface area (Å²) in [4.78, 5) is 0. The Morgan fingerprint density at radius 3 is 2.74 bits per heavy atom. The molecule has 5 heteroatoms. The first-order valence-electron chi connectivity index (χ1n) is 5.47. The molecule has 19 heavy (non-hydrogen) atoms. The summed E-state index contributed by atoms with van der Waals surface area (Å²) in [6.07, 6.45) is 0. The van der Waals surface area contributed by atoms with Crippen LogP contribution in [-0.4, -0.2) is 0 Å². The molecule has 0 saturated heterocycles.